The number of piperazine rings is 1. The van der Waals surface area contributed by atoms with Gasteiger partial charge >= 0.3 is 0 Å². The molecule has 0 unspecified atom stereocenters. The third kappa shape index (κ3) is 5.47. The predicted molar refractivity (Wildman–Crippen MR) is 126 cm³/mol. The summed E-state index contributed by atoms with van der Waals surface area (Å²) in [5.41, 5.74) is 4.91. The Kier molecular flexibility index (Phi) is 6.77. The van der Waals surface area contributed by atoms with Crippen LogP contribution in [0.5, 0.6) is 5.75 Å². The van der Waals surface area contributed by atoms with E-state index in [2.05, 4.69) is 78.6 Å². The van der Waals surface area contributed by atoms with Crippen LogP contribution in [-0.4, -0.2) is 36.1 Å². The molecule has 4 rings (SSSR count). The molecule has 0 bridgehead atoms. The molecule has 1 aliphatic heterocycles. The van der Waals surface area contributed by atoms with Crippen molar-refractivity contribution in [1.82, 2.24) is 4.90 Å². The third-order valence-electron chi connectivity index (χ3n) is 5.66. The number of hydrogen-bond donors (Lipinski definition) is 1. The average molecular weight is 418 g/mol. The quantitative estimate of drug-likeness (QED) is 0.617. The minimum atomic E-state index is 0.567. The third-order valence-corrected chi connectivity index (χ3v) is 6.16. The van der Waals surface area contributed by atoms with E-state index in [0.29, 0.717) is 6.61 Å². The van der Waals surface area contributed by atoms with Gasteiger partial charge in [0.25, 0.3) is 0 Å². The summed E-state index contributed by atoms with van der Waals surface area (Å²) in [4.78, 5) is 4.88. The molecule has 0 spiro atoms. The van der Waals surface area contributed by atoms with Crippen LogP contribution in [-0.2, 0) is 13.2 Å². The van der Waals surface area contributed by atoms with Crippen molar-refractivity contribution >= 4 is 17.2 Å². The monoisotopic (exact) mass is 417 g/mol. The highest BCUT2D eigenvalue weighted by Gasteiger charge is 2.22. The van der Waals surface area contributed by atoms with Crippen LogP contribution in [0.2, 0.25) is 0 Å². The van der Waals surface area contributed by atoms with Crippen LogP contribution in [0.15, 0.2) is 78.9 Å². The molecular formula is C26H29N2OS+. The van der Waals surface area contributed by atoms with Crippen molar-refractivity contribution in [3.8, 4) is 5.75 Å². The molecule has 0 saturated carbocycles. The smallest absolute Gasteiger partial charge is 0.120 e. The molecule has 3 nitrogen and oxygen atoms in total. The first-order valence-electron chi connectivity index (χ1n) is 10.6. The van der Waals surface area contributed by atoms with Gasteiger partial charge in [-0.15, -0.1) is 0 Å². The lowest BCUT2D eigenvalue weighted by molar-refractivity contribution is -0.917. The fraction of sp³-hybridized carbons (Fsp3) is 0.269. The molecule has 1 heterocycles. The molecule has 0 aliphatic carbocycles. The summed E-state index contributed by atoms with van der Waals surface area (Å²) in [6.45, 7) is 7.96. The van der Waals surface area contributed by atoms with Gasteiger partial charge in [-0.3, -0.25) is 0 Å². The first kappa shape index (κ1) is 20.6. The Hall–Kier alpha value is -2.69. The normalized spacial score (nSPS) is 14.5. The summed E-state index contributed by atoms with van der Waals surface area (Å²) in [5, 5.41) is 0. The van der Waals surface area contributed by atoms with E-state index in [9.17, 15) is 0 Å². The first-order valence-corrected chi connectivity index (χ1v) is 11.0. The van der Waals surface area contributed by atoms with Crippen LogP contribution in [0.25, 0.3) is 0 Å². The number of ether oxygens (including phenoxy) is 1. The second-order valence-corrected chi connectivity index (χ2v) is 8.39. The van der Waals surface area contributed by atoms with Crippen molar-refractivity contribution in [3.63, 3.8) is 0 Å². The minimum absolute atomic E-state index is 0.567. The summed E-state index contributed by atoms with van der Waals surface area (Å²) in [7, 11) is 0. The molecule has 4 heteroatoms. The summed E-state index contributed by atoms with van der Waals surface area (Å²) < 4.78 is 6.01. The molecule has 1 N–H and O–H groups in total. The van der Waals surface area contributed by atoms with Gasteiger partial charge in [0.05, 0.1) is 26.2 Å². The number of aryl methyl sites for hydroxylation is 1. The maximum atomic E-state index is 6.01. The number of benzene rings is 3. The molecule has 0 amide bonds. The molecule has 30 heavy (non-hydrogen) atoms. The van der Waals surface area contributed by atoms with E-state index in [-0.39, 0.29) is 0 Å². The predicted octanol–water partition coefficient (Wildman–Crippen LogP) is 3.65. The summed E-state index contributed by atoms with van der Waals surface area (Å²) in [6.07, 6.45) is 0. The van der Waals surface area contributed by atoms with E-state index in [4.69, 9.17) is 17.0 Å². The molecule has 3 aromatic rings. The second kappa shape index (κ2) is 9.88. The maximum absolute atomic E-state index is 6.01. The molecular weight excluding hydrogens is 388 g/mol. The van der Waals surface area contributed by atoms with E-state index in [1.807, 2.05) is 12.1 Å². The summed E-state index contributed by atoms with van der Waals surface area (Å²) in [6, 6.07) is 27.4. The lowest BCUT2D eigenvalue weighted by atomic mass is 10.1. The molecule has 0 atom stereocenters. The fourth-order valence-corrected chi connectivity index (χ4v) is 4.15. The number of nitrogens with zero attached hydrogens (tertiary/aromatic N) is 1. The van der Waals surface area contributed by atoms with Crippen molar-refractivity contribution in [3.05, 3.63) is 101 Å². The summed E-state index contributed by atoms with van der Waals surface area (Å²) in [5.74, 6) is 0.865. The standard InChI is InChI=1S/C26H28N2OS/c1-21-10-12-23(13-11-21)20-29-25-9-5-8-24(18-25)26(30)28-16-14-27(15-17-28)19-22-6-3-2-4-7-22/h2-13,18H,14-17,19-20H2,1H3/p+1. The topological polar surface area (TPSA) is 16.9 Å². The molecule has 1 aliphatic rings. The van der Waals surface area contributed by atoms with Gasteiger partial charge in [-0.05, 0) is 24.6 Å². The zero-order valence-corrected chi connectivity index (χ0v) is 18.3. The van der Waals surface area contributed by atoms with E-state index < -0.39 is 0 Å². The number of thiocarbonyl (C=S) groups is 1. The second-order valence-electron chi connectivity index (χ2n) is 8.01. The van der Waals surface area contributed by atoms with Crippen LogP contribution in [0.4, 0.5) is 0 Å². The molecule has 1 fully saturated rings. The Bertz CT molecular complexity index is 964. The van der Waals surface area contributed by atoms with Crippen LogP contribution < -0.4 is 9.64 Å². The average Bonchev–Trinajstić information content (AvgIpc) is 2.80. The van der Waals surface area contributed by atoms with Crippen molar-refractivity contribution in [2.75, 3.05) is 26.2 Å². The Morgan fingerprint density at radius 1 is 0.900 bits per heavy atom. The lowest BCUT2D eigenvalue weighted by Crippen LogP contribution is -3.13. The van der Waals surface area contributed by atoms with Crippen molar-refractivity contribution in [2.24, 2.45) is 0 Å². The van der Waals surface area contributed by atoms with Crippen molar-refractivity contribution in [2.45, 2.75) is 20.1 Å². The Labute approximate surface area is 184 Å². The van der Waals surface area contributed by atoms with Gasteiger partial charge in [-0.25, -0.2) is 0 Å². The SMILES string of the molecule is Cc1ccc(COc2cccc(C(=S)N3CC[NH+](Cc4ccccc4)CC3)c2)cc1. The number of nitrogens with one attached hydrogen (secondary N) is 1. The van der Waals surface area contributed by atoms with Gasteiger partial charge < -0.3 is 14.5 Å². The van der Waals surface area contributed by atoms with E-state index in [0.717, 1.165) is 49.0 Å². The molecule has 3 aromatic carbocycles. The fourth-order valence-electron chi connectivity index (χ4n) is 3.84. The minimum Gasteiger partial charge on any atom is -0.489 e. The van der Waals surface area contributed by atoms with Gasteiger partial charge in [0.1, 0.15) is 23.9 Å². The lowest BCUT2D eigenvalue weighted by Gasteiger charge is -2.34. The van der Waals surface area contributed by atoms with Gasteiger partial charge in [0.2, 0.25) is 0 Å². The van der Waals surface area contributed by atoms with Crippen molar-refractivity contribution < 1.29 is 9.64 Å². The van der Waals surface area contributed by atoms with Gasteiger partial charge in [0.15, 0.2) is 0 Å². The molecule has 1 saturated heterocycles. The first-order chi connectivity index (χ1) is 14.7. The number of rotatable bonds is 6. The van der Waals surface area contributed by atoms with Gasteiger partial charge in [0, 0.05) is 11.1 Å². The van der Waals surface area contributed by atoms with E-state index in [1.165, 1.54) is 16.7 Å². The molecule has 0 aromatic heterocycles. The van der Waals surface area contributed by atoms with Crippen LogP contribution in [0.1, 0.15) is 22.3 Å². The zero-order valence-electron chi connectivity index (χ0n) is 17.5. The highest BCUT2D eigenvalue weighted by Crippen LogP contribution is 2.18. The maximum Gasteiger partial charge on any atom is 0.120 e. The molecule has 154 valence electrons. The molecule has 0 radical (unpaired) electrons. The highest BCUT2D eigenvalue weighted by molar-refractivity contribution is 7.80. The highest BCUT2D eigenvalue weighted by atomic mass is 32.1. The van der Waals surface area contributed by atoms with Crippen LogP contribution >= 0.6 is 12.2 Å². The van der Waals surface area contributed by atoms with E-state index in [1.54, 1.807) is 4.90 Å². The number of quaternary nitrogens is 1. The van der Waals surface area contributed by atoms with E-state index >= 15 is 0 Å². The Morgan fingerprint density at radius 2 is 1.63 bits per heavy atom. The number of hydrogen-bond acceptors (Lipinski definition) is 2. The zero-order chi connectivity index (χ0) is 20.8. The Balaban J connectivity index is 1.31. The largest absolute Gasteiger partial charge is 0.489 e. The Morgan fingerprint density at radius 3 is 2.37 bits per heavy atom. The van der Waals surface area contributed by atoms with Crippen LogP contribution in [0, 0.1) is 6.92 Å². The van der Waals surface area contributed by atoms with Crippen LogP contribution in [0.3, 0.4) is 0 Å². The van der Waals surface area contributed by atoms with Gasteiger partial charge in [-0.2, -0.15) is 0 Å². The summed E-state index contributed by atoms with van der Waals surface area (Å²) >= 11 is 5.82. The van der Waals surface area contributed by atoms with Gasteiger partial charge in [-0.1, -0.05) is 84.5 Å². The van der Waals surface area contributed by atoms with Crippen molar-refractivity contribution in [1.29, 1.82) is 0 Å².